The molecule has 1 N–H and O–H groups in total. The molecule has 2 heterocycles. The van der Waals surface area contributed by atoms with Gasteiger partial charge >= 0.3 is 0 Å². The summed E-state index contributed by atoms with van der Waals surface area (Å²) in [6.45, 7) is 3.69. The summed E-state index contributed by atoms with van der Waals surface area (Å²) in [7, 11) is 0. The van der Waals surface area contributed by atoms with Crippen molar-refractivity contribution in [2.45, 2.75) is 19.9 Å². The van der Waals surface area contributed by atoms with Gasteiger partial charge in [0.25, 0.3) is 5.91 Å². The Morgan fingerprint density at radius 2 is 2.00 bits per heavy atom. The predicted octanol–water partition coefficient (Wildman–Crippen LogP) is 4.30. The molecule has 1 atom stereocenters. The summed E-state index contributed by atoms with van der Waals surface area (Å²) in [5.74, 6) is 0.212. The third kappa shape index (κ3) is 3.38. The number of carbonyl (C=O) groups excluding carboxylic acids is 1. The summed E-state index contributed by atoms with van der Waals surface area (Å²) in [5.41, 5.74) is 2.73. The number of rotatable bonds is 4. The molecule has 5 nitrogen and oxygen atoms in total. The molecule has 0 radical (unpaired) electrons. The summed E-state index contributed by atoms with van der Waals surface area (Å²) in [5, 5.41) is 6.93. The molecule has 24 heavy (non-hydrogen) atoms. The first kappa shape index (κ1) is 16.4. The summed E-state index contributed by atoms with van der Waals surface area (Å²) in [6.07, 6.45) is 3.32. The lowest BCUT2D eigenvalue weighted by molar-refractivity contribution is 0.0939. The zero-order valence-electron chi connectivity index (χ0n) is 13.3. The molecule has 1 aromatic carbocycles. The molecule has 6 heteroatoms. The van der Waals surface area contributed by atoms with E-state index >= 15 is 0 Å². The number of nitrogens with one attached hydrogen (secondary N) is 1. The summed E-state index contributed by atoms with van der Waals surface area (Å²) in [4.78, 5) is 16.8. The van der Waals surface area contributed by atoms with Gasteiger partial charge in [-0.05, 0) is 43.7 Å². The van der Waals surface area contributed by atoms with E-state index in [1.807, 2.05) is 37.3 Å². The third-order valence-corrected chi connectivity index (χ3v) is 4.26. The van der Waals surface area contributed by atoms with Crippen molar-refractivity contribution in [1.29, 1.82) is 0 Å². The van der Waals surface area contributed by atoms with Gasteiger partial charge in [-0.25, -0.2) is 0 Å². The monoisotopic (exact) mass is 385 g/mol. The van der Waals surface area contributed by atoms with Crippen LogP contribution in [-0.4, -0.2) is 16.0 Å². The Morgan fingerprint density at radius 1 is 1.25 bits per heavy atom. The highest BCUT2D eigenvalue weighted by atomic mass is 79.9. The largest absolute Gasteiger partial charge is 0.355 e. The van der Waals surface area contributed by atoms with Crippen LogP contribution in [0.3, 0.4) is 0 Å². The minimum Gasteiger partial charge on any atom is -0.355 e. The van der Waals surface area contributed by atoms with Gasteiger partial charge in [0, 0.05) is 22.4 Å². The summed E-state index contributed by atoms with van der Waals surface area (Å²) >= 11 is 3.41. The fourth-order valence-corrected chi connectivity index (χ4v) is 2.70. The molecule has 0 aliphatic rings. The van der Waals surface area contributed by atoms with Gasteiger partial charge in [-0.15, -0.1) is 0 Å². The molecule has 3 aromatic rings. The molecule has 0 saturated heterocycles. The predicted molar refractivity (Wildman–Crippen MR) is 94.5 cm³/mol. The molecule has 0 fully saturated rings. The van der Waals surface area contributed by atoms with E-state index in [9.17, 15) is 4.79 Å². The molecule has 0 bridgehead atoms. The van der Waals surface area contributed by atoms with Crippen LogP contribution in [-0.2, 0) is 0 Å². The molecule has 0 aliphatic carbocycles. The number of amides is 1. The lowest BCUT2D eigenvalue weighted by atomic mass is 10.1. The van der Waals surface area contributed by atoms with Crippen LogP contribution in [0.25, 0.3) is 11.3 Å². The van der Waals surface area contributed by atoms with E-state index in [0.717, 1.165) is 15.6 Å². The minimum atomic E-state index is -0.219. The second kappa shape index (κ2) is 6.97. The minimum absolute atomic E-state index is 0.137. The molecule has 3 rings (SSSR count). The van der Waals surface area contributed by atoms with Crippen molar-refractivity contribution in [3.8, 4) is 11.3 Å². The van der Waals surface area contributed by atoms with Gasteiger partial charge in [-0.3, -0.25) is 9.78 Å². The number of hydrogen-bond acceptors (Lipinski definition) is 4. The SMILES string of the molecule is Cc1noc(-c2cccnc2)c1C(=O)NC(C)c1ccc(Br)cc1. The maximum Gasteiger partial charge on any atom is 0.257 e. The van der Waals surface area contributed by atoms with E-state index in [1.54, 1.807) is 25.4 Å². The van der Waals surface area contributed by atoms with Crippen LogP contribution < -0.4 is 5.32 Å². The van der Waals surface area contributed by atoms with Crippen molar-refractivity contribution in [1.82, 2.24) is 15.5 Å². The Hall–Kier alpha value is -2.47. The number of aromatic nitrogens is 2. The number of carbonyl (C=O) groups is 1. The zero-order valence-corrected chi connectivity index (χ0v) is 14.9. The first-order valence-electron chi connectivity index (χ1n) is 7.49. The van der Waals surface area contributed by atoms with Crippen molar-refractivity contribution < 1.29 is 9.32 Å². The number of nitrogens with zero attached hydrogens (tertiary/aromatic N) is 2. The van der Waals surface area contributed by atoms with Gasteiger partial charge in [0.05, 0.1) is 11.7 Å². The molecule has 2 aromatic heterocycles. The molecule has 122 valence electrons. The third-order valence-electron chi connectivity index (χ3n) is 3.73. The molecule has 1 unspecified atom stereocenters. The summed E-state index contributed by atoms with van der Waals surface area (Å²) in [6, 6.07) is 11.3. The van der Waals surface area contributed by atoms with Crippen molar-refractivity contribution in [3.05, 3.63) is 70.1 Å². The Labute approximate surface area is 148 Å². The van der Waals surface area contributed by atoms with E-state index in [2.05, 4.69) is 31.4 Å². The smallest absolute Gasteiger partial charge is 0.257 e. The number of hydrogen-bond donors (Lipinski definition) is 1. The second-order valence-electron chi connectivity index (χ2n) is 5.46. The number of pyridine rings is 1. The maximum absolute atomic E-state index is 12.7. The maximum atomic E-state index is 12.7. The molecular weight excluding hydrogens is 370 g/mol. The number of aryl methyl sites for hydroxylation is 1. The molecular formula is C18H16BrN3O2. The molecule has 0 spiro atoms. The van der Waals surface area contributed by atoms with Crippen LogP contribution in [0, 0.1) is 6.92 Å². The van der Waals surface area contributed by atoms with Crippen LogP contribution in [0.2, 0.25) is 0 Å². The topological polar surface area (TPSA) is 68.0 Å². The van der Waals surface area contributed by atoms with Crippen LogP contribution in [0.15, 0.2) is 57.8 Å². The Bertz CT molecular complexity index is 844. The van der Waals surface area contributed by atoms with Crippen molar-refractivity contribution in [2.24, 2.45) is 0 Å². The van der Waals surface area contributed by atoms with Crippen LogP contribution in [0.1, 0.15) is 34.6 Å². The van der Waals surface area contributed by atoms with Gasteiger partial charge in [0.2, 0.25) is 0 Å². The molecule has 0 aliphatic heterocycles. The Morgan fingerprint density at radius 3 is 2.67 bits per heavy atom. The standard InChI is InChI=1S/C18H16BrN3O2/c1-11(13-5-7-15(19)8-6-13)21-18(23)16-12(2)22-24-17(16)14-4-3-9-20-10-14/h3-11H,1-2H3,(H,21,23). The van der Waals surface area contributed by atoms with E-state index in [4.69, 9.17) is 4.52 Å². The van der Waals surface area contributed by atoms with E-state index < -0.39 is 0 Å². The second-order valence-corrected chi connectivity index (χ2v) is 6.38. The lowest BCUT2D eigenvalue weighted by Crippen LogP contribution is -2.27. The Kier molecular flexibility index (Phi) is 4.76. The average molecular weight is 386 g/mol. The quantitative estimate of drug-likeness (QED) is 0.726. The lowest BCUT2D eigenvalue weighted by Gasteiger charge is -2.14. The van der Waals surface area contributed by atoms with Gasteiger partial charge < -0.3 is 9.84 Å². The fraction of sp³-hybridized carbons (Fsp3) is 0.167. The van der Waals surface area contributed by atoms with E-state index in [-0.39, 0.29) is 11.9 Å². The van der Waals surface area contributed by atoms with Crippen LogP contribution >= 0.6 is 15.9 Å². The van der Waals surface area contributed by atoms with Crippen LogP contribution in [0.5, 0.6) is 0 Å². The van der Waals surface area contributed by atoms with Crippen molar-refractivity contribution >= 4 is 21.8 Å². The van der Waals surface area contributed by atoms with Crippen LogP contribution in [0.4, 0.5) is 0 Å². The zero-order chi connectivity index (χ0) is 17.1. The summed E-state index contributed by atoms with van der Waals surface area (Å²) < 4.78 is 6.35. The normalized spacial score (nSPS) is 12.0. The number of benzene rings is 1. The van der Waals surface area contributed by atoms with Gasteiger partial charge in [0.1, 0.15) is 5.56 Å². The first-order valence-corrected chi connectivity index (χ1v) is 8.28. The highest BCUT2D eigenvalue weighted by Gasteiger charge is 2.23. The number of halogens is 1. The van der Waals surface area contributed by atoms with Gasteiger partial charge in [-0.2, -0.15) is 0 Å². The highest BCUT2D eigenvalue weighted by Crippen LogP contribution is 2.26. The van der Waals surface area contributed by atoms with E-state index in [1.165, 1.54) is 0 Å². The Balaban J connectivity index is 1.85. The molecule has 0 saturated carbocycles. The van der Waals surface area contributed by atoms with Crippen molar-refractivity contribution in [3.63, 3.8) is 0 Å². The van der Waals surface area contributed by atoms with Gasteiger partial charge in [0.15, 0.2) is 5.76 Å². The van der Waals surface area contributed by atoms with E-state index in [0.29, 0.717) is 17.0 Å². The molecule has 1 amide bonds. The average Bonchev–Trinajstić information content (AvgIpc) is 2.98. The van der Waals surface area contributed by atoms with Gasteiger partial charge in [-0.1, -0.05) is 33.2 Å². The highest BCUT2D eigenvalue weighted by molar-refractivity contribution is 9.10. The van der Waals surface area contributed by atoms with Crippen molar-refractivity contribution in [2.75, 3.05) is 0 Å². The fourth-order valence-electron chi connectivity index (χ4n) is 2.43. The first-order chi connectivity index (χ1) is 11.6.